The highest BCUT2D eigenvalue weighted by Crippen LogP contribution is 2.22. The first-order valence-corrected chi connectivity index (χ1v) is 3.66. The van der Waals surface area contributed by atoms with Gasteiger partial charge in [0, 0.05) is 5.92 Å². The molecule has 0 fully saturated rings. The zero-order valence-electron chi connectivity index (χ0n) is 6.76. The Morgan fingerprint density at radius 1 is 1.40 bits per heavy atom. The quantitative estimate of drug-likeness (QED) is 0.542. The molecule has 0 spiro atoms. The molecule has 0 radical (unpaired) electrons. The highest BCUT2D eigenvalue weighted by atomic mass is 16.3. The standard InChI is InChI=1S/C9H14O/c1-6-4-7(2)8(3)9(10)5-6/h4-5,8-10H,1-3H3. The second kappa shape index (κ2) is 2.59. The molecule has 1 aliphatic rings. The lowest BCUT2D eigenvalue weighted by Gasteiger charge is -2.21. The molecule has 0 aromatic carbocycles. The first-order valence-electron chi connectivity index (χ1n) is 3.66. The van der Waals surface area contributed by atoms with Crippen molar-refractivity contribution in [2.75, 3.05) is 0 Å². The third kappa shape index (κ3) is 1.29. The van der Waals surface area contributed by atoms with Crippen LogP contribution in [0.5, 0.6) is 0 Å². The molecular weight excluding hydrogens is 124 g/mol. The van der Waals surface area contributed by atoms with E-state index in [4.69, 9.17) is 0 Å². The van der Waals surface area contributed by atoms with Crippen molar-refractivity contribution in [3.05, 3.63) is 23.3 Å². The summed E-state index contributed by atoms with van der Waals surface area (Å²) in [5, 5.41) is 9.40. The normalized spacial score (nSPS) is 33.2. The summed E-state index contributed by atoms with van der Waals surface area (Å²) in [5.74, 6) is 0.295. The van der Waals surface area contributed by atoms with Crippen molar-refractivity contribution in [2.45, 2.75) is 26.9 Å². The van der Waals surface area contributed by atoms with Gasteiger partial charge >= 0.3 is 0 Å². The van der Waals surface area contributed by atoms with Crippen molar-refractivity contribution in [3.8, 4) is 0 Å². The number of aliphatic hydroxyl groups is 1. The van der Waals surface area contributed by atoms with Gasteiger partial charge in [0.2, 0.25) is 0 Å². The van der Waals surface area contributed by atoms with Crippen molar-refractivity contribution < 1.29 is 5.11 Å². The maximum absolute atomic E-state index is 9.40. The Labute approximate surface area is 62.1 Å². The van der Waals surface area contributed by atoms with Crippen LogP contribution in [-0.4, -0.2) is 11.2 Å². The predicted molar refractivity (Wildman–Crippen MR) is 42.7 cm³/mol. The van der Waals surface area contributed by atoms with Gasteiger partial charge in [-0.2, -0.15) is 0 Å². The molecule has 10 heavy (non-hydrogen) atoms. The first-order chi connectivity index (χ1) is 4.61. The van der Waals surface area contributed by atoms with Crippen molar-refractivity contribution in [3.63, 3.8) is 0 Å². The molecule has 0 aromatic rings. The minimum atomic E-state index is -0.273. The Morgan fingerprint density at radius 2 is 2.00 bits per heavy atom. The molecule has 56 valence electrons. The molecule has 1 heteroatoms. The van der Waals surface area contributed by atoms with Crippen LogP contribution in [0.2, 0.25) is 0 Å². The minimum Gasteiger partial charge on any atom is -0.388 e. The summed E-state index contributed by atoms with van der Waals surface area (Å²) in [5.41, 5.74) is 2.44. The third-order valence-corrected chi connectivity index (χ3v) is 2.12. The fourth-order valence-electron chi connectivity index (χ4n) is 1.22. The van der Waals surface area contributed by atoms with E-state index in [1.54, 1.807) is 0 Å². The van der Waals surface area contributed by atoms with Gasteiger partial charge in [0.15, 0.2) is 0 Å². The van der Waals surface area contributed by atoms with E-state index in [0.29, 0.717) is 5.92 Å². The summed E-state index contributed by atoms with van der Waals surface area (Å²) < 4.78 is 0. The molecule has 1 aliphatic carbocycles. The minimum absolute atomic E-state index is 0.273. The summed E-state index contributed by atoms with van der Waals surface area (Å²) in [7, 11) is 0. The molecule has 1 N–H and O–H groups in total. The molecule has 0 amide bonds. The maximum atomic E-state index is 9.40. The summed E-state index contributed by atoms with van der Waals surface area (Å²) in [6.07, 6.45) is 3.75. The lowest BCUT2D eigenvalue weighted by molar-refractivity contribution is 0.177. The fourth-order valence-corrected chi connectivity index (χ4v) is 1.22. The Balaban J connectivity index is 2.85. The number of aliphatic hydroxyl groups excluding tert-OH is 1. The van der Waals surface area contributed by atoms with Crippen LogP contribution in [-0.2, 0) is 0 Å². The highest BCUT2D eigenvalue weighted by Gasteiger charge is 2.16. The van der Waals surface area contributed by atoms with Crippen LogP contribution < -0.4 is 0 Å². The van der Waals surface area contributed by atoms with E-state index in [1.165, 1.54) is 11.1 Å². The predicted octanol–water partition coefficient (Wildman–Crippen LogP) is 1.89. The van der Waals surface area contributed by atoms with Gasteiger partial charge in [0.1, 0.15) is 0 Å². The Bertz CT molecular complexity index is 189. The van der Waals surface area contributed by atoms with Gasteiger partial charge in [-0.05, 0) is 13.8 Å². The number of rotatable bonds is 0. The Morgan fingerprint density at radius 3 is 2.50 bits per heavy atom. The largest absolute Gasteiger partial charge is 0.388 e. The van der Waals surface area contributed by atoms with Crippen LogP contribution in [0.25, 0.3) is 0 Å². The lowest BCUT2D eigenvalue weighted by Crippen LogP contribution is -2.19. The van der Waals surface area contributed by atoms with Gasteiger partial charge < -0.3 is 5.11 Å². The average molecular weight is 138 g/mol. The molecule has 1 nitrogen and oxygen atoms in total. The van der Waals surface area contributed by atoms with Gasteiger partial charge in [0.05, 0.1) is 6.10 Å². The SMILES string of the molecule is CC1=CC(O)C(C)C(C)=C1. The smallest absolute Gasteiger partial charge is 0.0789 e. The van der Waals surface area contributed by atoms with E-state index in [-0.39, 0.29) is 6.10 Å². The molecule has 0 heterocycles. The van der Waals surface area contributed by atoms with Crippen LogP contribution in [0, 0.1) is 5.92 Å². The van der Waals surface area contributed by atoms with Crippen molar-refractivity contribution in [1.29, 1.82) is 0 Å². The highest BCUT2D eigenvalue weighted by molar-refractivity contribution is 5.29. The molecule has 2 atom stereocenters. The number of hydrogen-bond donors (Lipinski definition) is 1. The van der Waals surface area contributed by atoms with Crippen LogP contribution in [0.15, 0.2) is 23.3 Å². The monoisotopic (exact) mass is 138 g/mol. The number of allylic oxidation sites excluding steroid dienone is 2. The van der Waals surface area contributed by atoms with E-state index in [1.807, 2.05) is 19.9 Å². The zero-order chi connectivity index (χ0) is 7.72. The topological polar surface area (TPSA) is 20.2 Å². The Kier molecular flexibility index (Phi) is 1.95. The molecule has 2 unspecified atom stereocenters. The van der Waals surface area contributed by atoms with Gasteiger partial charge in [-0.15, -0.1) is 0 Å². The fraction of sp³-hybridized carbons (Fsp3) is 0.556. The van der Waals surface area contributed by atoms with E-state index in [0.717, 1.165) is 0 Å². The van der Waals surface area contributed by atoms with Crippen LogP contribution >= 0.6 is 0 Å². The van der Waals surface area contributed by atoms with Crippen LogP contribution in [0.4, 0.5) is 0 Å². The molecule has 0 aliphatic heterocycles. The molecule has 1 rings (SSSR count). The maximum Gasteiger partial charge on any atom is 0.0789 e. The van der Waals surface area contributed by atoms with Crippen LogP contribution in [0.1, 0.15) is 20.8 Å². The summed E-state index contributed by atoms with van der Waals surface area (Å²) in [6.45, 7) is 6.11. The van der Waals surface area contributed by atoms with Gasteiger partial charge in [0.25, 0.3) is 0 Å². The van der Waals surface area contributed by atoms with E-state index >= 15 is 0 Å². The summed E-state index contributed by atoms with van der Waals surface area (Å²) in [4.78, 5) is 0. The average Bonchev–Trinajstić information content (AvgIpc) is 1.82. The van der Waals surface area contributed by atoms with Gasteiger partial charge in [-0.25, -0.2) is 0 Å². The molecule has 0 bridgehead atoms. The van der Waals surface area contributed by atoms with Crippen LogP contribution in [0.3, 0.4) is 0 Å². The molecule has 0 saturated heterocycles. The Hall–Kier alpha value is -0.560. The van der Waals surface area contributed by atoms with E-state index < -0.39 is 0 Å². The lowest BCUT2D eigenvalue weighted by atomic mass is 9.89. The first kappa shape index (κ1) is 7.55. The van der Waals surface area contributed by atoms with Gasteiger partial charge in [-0.3, -0.25) is 0 Å². The zero-order valence-corrected chi connectivity index (χ0v) is 6.76. The molecular formula is C9H14O. The summed E-state index contributed by atoms with van der Waals surface area (Å²) in [6, 6.07) is 0. The van der Waals surface area contributed by atoms with Crippen molar-refractivity contribution in [1.82, 2.24) is 0 Å². The van der Waals surface area contributed by atoms with E-state index in [2.05, 4.69) is 13.0 Å². The molecule has 0 aromatic heterocycles. The van der Waals surface area contributed by atoms with E-state index in [9.17, 15) is 5.11 Å². The summed E-state index contributed by atoms with van der Waals surface area (Å²) >= 11 is 0. The van der Waals surface area contributed by atoms with Crippen molar-refractivity contribution >= 4 is 0 Å². The van der Waals surface area contributed by atoms with Crippen molar-refractivity contribution in [2.24, 2.45) is 5.92 Å². The molecule has 0 saturated carbocycles. The van der Waals surface area contributed by atoms with Gasteiger partial charge in [-0.1, -0.05) is 30.2 Å². The second-order valence-corrected chi connectivity index (χ2v) is 3.08. The third-order valence-electron chi connectivity index (χ3n) is 2.12. The second-order valence-electron chi connectivity index (χ2n) is 3.08. The number of hydrogen-bond acceptors (Lipinski definition) is 1.